The minimum absolute atomic E-state index is 0.161. The lowest BCUT2D eigenvalue weighted by molar-refractivity contribution is -0.500. The van der Waals surface area contributed by atoms with Gasteiger partial charge in [-0.2, -0.15) is 0 Å². The second kappa shape index (κ2) is 10.6. The average molecular weight is 448 g/mol. The van der Waals surface area contributed by atoms with Crippen LogP contribution in [0.15, 0.2) is 30.3 Å². The molecule has 3 N–H and O–H groups in total. The van der Waals surface area contributed by atoms with Gasteiger partial charge in [-0.25, -0.2) is 0 Å². The van der Waals surface area contributed by atoms with Gasteiger partial charge in [-0.05, 0) is 49.5 Å². The fraction of sp³-hybridized carbons (Fsp3) is 0.222. The first-order chi connectivity index (χ1) is 13.0. The summed E-state index contributed by atoms with van der Waals surface area (Å²) in [4.78, 5) is 0. The third kappa shape index (κ3) is 6.14. The first-order valence-electron chi connectivity index (χ1n) is 8.02. The summed E-state index contributed by atoms with van der Waals surface area (Å²) in [5, 5.41) is 7.68. The fourth-order valence-electron chi connectivity index (χ4n) is 2.13. The number of ether oxygens (including phenoxy) is 2. The van der Waals surface area contributed by atoms with Gasteiger partial charge in [0.05, 0.1) is 17.2 Å². The molecule has 0 aliphatic rings. The normalized spacial score (nSPS) is 10.7. The van der Waals surface area contributed by atoms with Crippen molar-refractivity contribution in [2.24, 2.45) is 0 Å². The Morgan fingerprint density at radius 3 is 2.59 bits per heavy atom. The minimum Gasteiger partial charge on any atom is -0.493 e. The smallest absolute Gasteiger partial charge is 0.223 e. The predicted molar refractivity (Wildman–Crippen MR) is 114 cm³/mol. The summed E-state index contributed by atoms with van der Waals surface area (Å²) < 4.78 is 11.2. The van der Waals surface area contributed by atoms with Crippen LogP contribution in [0, 0.1) is 0 Å². The number of halogens is 3. The van der Waals surface area contributed by atoms with Crippen molar-refractivity contribution < 1.29 is 14.6 Å². The maximum atomic E-state index is 6.21. The Balaban J connectivity index is 2.09. The molecule has 0 unspecified atom stereocenters. The van der Waals surface area contributed by atoms with Crippen LogP contribution in [0.25, 0.3) is 0 Å². The zero-order valence-electron chi connectivity index (χ0n) is 14.7. The number of nitrogens with one attached hydrogen (secondary N) is 3. The van der Waals surface area contributed by atoms with Crippen LogP contribution in [-0.4, -0.2) is 25.0 Å². The topological polar surface area (TPSA) is 56.5 Å². The van der Waals surface area contributed by atoms with Crippen LogP contribution < -0.4 is 25.3 Å². The number of hydrogen-bond donors (Lipinski definition) is 3. The largest absolute Gasteiger partial charge is 0.493 e. The van der Waals surface area contributed by atoms with Crippen molar-refractivity contribution in [2.45, 2.75) is 13.5 Å². The standard InChI is InChI=1S/C18H18Cl3N3O2S/c1-3-22-18(27)24-23-9-11-4-7-15(16(8-11)25-2)26-10-12-13(19)5-6-14(20)17(12)21/h4-9H,3,10H2,1-2H3,(H2,22,24,27)/p+1. The van der Waals surface area contributed by atoms with Crippen molar-refractivity contribution in [2.75, 3.05) is 13.7 Å². The number of hydrazine groups is 1. The van der Waals surface area contributed by atoms with Gasteiger partial charge in [0.1, 0.15) is 6.61 Å². The van der Waals surface area contributed by atoms with E-state index in [1.807, 2.05) is 19.1 Å². The second-order valence-corrected chi connectivity index (χ2v) is 6.89. The number of rotatable bonds is 7. The summed E-state index contributed by atoms with van der Waals surface area (Å²) >= 11 is 23.5. The highest BCUT2D eigenvalue weighted by atomic mass is 35.5. The highest BCUT2D eigenvalue weighted by Crippen LogP contribution is 2.34. The van der Waals surface area contributed by atoms with E-state index in [1.54, 1.807) is 31.5 Å². The summed E-state index contributed by atoms with van der Waals surface area (Å²) in [7, 11) is 1.57. The molecule has 144 valence electrons. The Hall–Kier alpha value is -1.73. The first-order valence-corrected chi connectivity index (χ1v) is 9.56. The molecule has 0 amide bonds. The van der Waals surface area contributed by atoms with Gasteiger partial charge in [0.15, 0.2) is 17.7 Å². The molecule has 0 aromatic heterocycles. The number of methoxy groups -OCH3 is 1. The van der Waals surface area contributed by atoms with E-state index in [0.717, 1.165) is 12.1 Å². The van der Waals surface area contributed by atoms with Gasteiger partial charge in [-0.3, -0.25) is 0 Å². The Bertz CT molecular complexity index is 847. The van der Waals surface area contributed by atoms with E-state index in [-0.39, 0.29) is 6.61 Å². The quantitative estimate of drug-likeness (QED) is 0.263. The van der Waals surface area contributed by atoms with Gasteiger partial charge in [0.25, 0.3) is 0 Å². The Labute approximate surface area is 178 Å². The summed E-state index contributed by atoms with van der Waals surface area (Å²) in [5.41, 5.74) is 4.33. The summed E-state index contributed by atoms with van der Waals surface area (Å²) in [6.07, 6.45) is 1.75. The number of hydrazone groups is 1. The molecule has 0 aliphatic carbocycles. The predicted octanol–water partition coefficient (Wildman–Crippen LogP) is 3.13. The SMILES string of the molecule is CCNC(=S)N[NH+]=Cc1ccc(OCc2c(Cl)ccc(Cl)c2Cl)c(OC)c1. The van der Waals surface area contributed by atoms with E-state index in [9.17, 15) is 0 Å². The Kier molecular flexibility index (Phi) is 8.44. The van der Waals surface area contributed by atoms with Crippen molar-refractivity contribution in [1.82, 2.24) is 10.7 Å². The molecule has 0 bridgehead atoms. The zero-order chi connectivity index (χ0) is 19.8. The molecule has 0 fully saturated rings. The molecule has 9 heteroatoms. The van der Waals surface area contributed by atoms with Crippen LogP contribution in [-0.2, 0) is 6.61 Å². The van der Waals surface area contributed by atoms with Crippen molar-refractivity contribution >= 4 is 58.3 Å². The van der Waals surface area contributed by atoms with Crippen LogP contribution in [0.5, 0.6) is 11.5 Å². The lowest BCUT2D eigenvalue weighted by Gasteiger charge is -2.13. The molecule has 0 saturated carbocycles. The molecule has 0 aliphatic heterocycles. The molecule has 2 aromatic rings. The van der Waals surface area contributed by atoms with Crippen LogP contribution in [0.2, 0.25) is 15.1 Å². The Morgan fingerprint density at radius 2 is 1.89 bits per heavy atom. The van der Waals surface area contributed by atoms with E-state index in [2.05, 4.69) is 15.8 Å². The van der Waals surface area contributed by atoms with Gasteiger partial charge >= 0.3 is 0 Å². The third-order valence-electron chi connectivity index (χ3n) is 3.46. The molecule has 0 atom stereocenters. The van der Waals surface area contributed by atoms with Gasteiger partial charge in [0.2, 0.25) is 5.11 Å². The van der Waals surface area contributed by atoms with Crippen molar-refractivity contribution in [3.8, 4) is 11.5 Å². The highest BCUT2D eigenvalue weighted by Gasteiger charge is 2.12. The monoisotopic (exact) mass is 446 g/mol. The van der Waals surface area contributed by atoms with Gasteiger partial charge in [-0.1, -0.05) is 34.8 Å². The molecule has 5 nitrogen and oxygen atoms in total. The van der Waals surface area contributed by atoms with Crippen LogP contribution in [0.1, 0.15) is 18.1 Å². The molecule has 27 heavy (non-hydrogen) atoms. The molecule has 0 radical (unpaired) electrons. The van der Waals surface area contributed by atoms with E-state index >= 15 is 0 Å². The molecule has 0 spiro atoms. The third-order valence-corrected chi connectivity index (χ3v) is 4.90. The van der Waals surface area contributed by atoms with Crippen molar-refractivity contribution in [3.05, 3.63) is 56.5 Å². The number of hydrogen-bond acceptors (Lipinski definition) is 3. The minimum atomic E-state index is 0.161. The van der Waals surface area contributed by atoms with E-state index in [0.29, 0.717) is 37.2 Å². The molecular formula is C18H19Cl3N3O2S+. The Morgan fingerprint density at radius 1 is 1.15 bits per heavy atom. The molecule has 2 aromatic carbocycles. The number of benzene rings is 2. The molecule has 2 rings (SSSR count). The van der Waals surface area contributed by atoms with Gasteiger partial charge < -0.3 is 14.8 Å². The van der Waals surface area contributed by atoms with Gasteiger partial charge in [0, 0.05) is 22.7 Å². The van der Waals surface area contributed by atoms with E-state index in [4.69, 9.17) is 56.5 Å². The molecule has 0 saturated heterocycles. The second-order valence-electron chi connectivity index (χ2n) is 5.29. The van der Waals surface area contributed by atoms with E-state index < -0.39 is 0 Å². The summed E-state index contributed by atoms with van der Waals surface area (Å²) in [6.45, 7) is 2.87. The van der Waals surface area contributed by atoms with Gasteiger partial charge in [-0.15, -0.1) is 10.5 Å². The summed E-state index contributed by atoms with van der Waals surface area (Å²) in [5.74, 6) is 1.12. The average Bonchev–Trinajstić information content (AvgIpc) is 2.65. The van der Waals surface area contributed by atoms with Crippen LogP contribution in [0.4, 0.5) is 0 Å². The van der Waals surface area contributed by atoms with Crippen molar-refractivity contribution in [1.29, 1.82) is 0 Å². The lowest BCUT2D eigenvalue weighted by Crippen LogP contribution is -2.82. The maximum Gasteiger partial charge on any atom is 0.223 e. The lowest BCUT2D eigenvalue weighted by atomic mass is 10.2. The summed E-state index contributed by atoms with van der Waals surface area (Å²) in [6, 6.07) is 8.80. The molecular weight excluding hydrogens is 429 g/mol. The number of thiocarbonyl (C=S) groups is 1. The highest BCUT2D eigenvalue weighted by molar-refractivity contribution is 7.80. The van der Waals surface area contributed by atoms with Crippen molar-refractivity contribution in [3.63, 3.8) is 0 Å². The van der Waals surface area contributed by atoms with E-state index in [1.165, 1.54) is 0 Å². The van der Waals surface area contributed by atoms with Crippen LogP contribution >= 0.6 is 47.0 Å². The molecule has 0 heterocycles. The maximum absolute atomic E-state index is 6.21. The first kappa shape index (κ1) is 21.6. The van der Waals surface area contributed by atoms with Crippen LogP contribution in [0.3, 0.4) is 0 Å². The fourth-order valence-corrected chi connectivity index (χ4v) is 2.99. The zero-order valence-corrected chi connectivity index (χ0v) is 17.8.